The molecule has 0 radical (unpaired) electrons. The molecule has 13 heavy (non-hydrogen) atoms. The third-order valence-electron chi connectivity index (χ3n) is 1.28. The molecule has 1 rings (SSSR count). The topological polar surface area (TPSA) is 29.1 Å². The van der Waals surface area contributed by atoms with Gasteiger partial charge in [0, 0.05) is 10.9 Å². The SMILES string of the molecule is CC(C)(C)NC(=O)c1cc(Cl)cs1. The lowest BCUT2D eigenvalue weighted by atomic mass is 10.1. The van der Waals surface area contributed by atoms with Crippen LogP contribution < -0.4 is 5.32 Å². The highest BCUT2D eigenvalue weighted by atomic mass is 35.5. The van der Waals surface area contributed by atoms with Gasteiger partial charge in [-0.25, -0.2) is 0 Å². The fourth-order valence-electron chi connectivity index (χ4n) is 0.834. The second-order valence-corrected chi connectivity index (χ2v) is 5.18. The van der Waals surface area contributed by atoms with Gasteiger partial charge in [0.1, 0.15) is 0 Å². The van der Waals surface area contributed by atoms with E-state index >= 15 is 0 Å². The number of amides is 1. The molecule has 2 nitrogen and oxygen atoms in total. The summed E-state index contributed by atoms with van der Waals surface area (Å²) in [5, 5.41) is 5.23. The first kappa shape index (κ1) is 10.5. The van der Waals surface area contributed by atoms with Crippen LogP contribution in [-0.2, 0) is 0 Å². The van der Waals surface area contributed by atoms with E-state index in [1.807, 2.05) is 20.8 Å². The summed E-state index contributed by atoms with van der Waals surface area (Å²) in [6, 6.07) is 1.67. The molecule has 72 valence electrons. The number of nitrogens with one attached hydrogen (secondary N) is 1. The van der Waals surface area contributed by atoms with Crippen LogP contribution in [0.15, 0.2) is 11.4 Å². The molecule has 0 aromatic carbocycles. The highest BCUT2D eigenvalue weighted by molar-refractivity contribution is 7.12. The van der Waals surface area contributed by atoms with Crippen molar-refractivity contribution in [3.05, 3.63) is 21.3 Å². The minimum absolute atomic E-state index is 0.0654. The zero-order chi connectivity index (χ0) is 10.1. The molecule has 0 saturated carbocycles. The van der Waals surface area contributed by atoms with E-state index in [0.717, 1.165) is 0 Å². The van der Waals surface area contributed by atoms with E-state index in [1.54, 1.807) is 11.4 Å². The minimum Gasteiger partial charge on any atom is -0.347 e. The number of thiophene rings is 1. The molecule has 0 spiro atoms. The predicted molar refractivity (Wildman–Crippen MR) is 56.5 cm³/mol. The average molecular weight is 218 g/mol. The Kier molecular flexibility index (Phi) is 2.98. The van der Waals surface area contributed by atoms with Crippen LogP contribution in [0.3, 0.4) is 0 Å². The van der Waals surface area contributed by atoms with Crippen molar-refractivity contribution in [2.24, 2.45) is 0 Å². The predicted octanol–water partition coefficient (Wildman–Crippen LogP) is 2.93. The lowest BCUT2D eigenvalue weighted by molar-refractivity contribution is 0.0924. The zero-order valence-corrected chi connectivity index (χ0v) is 9.42. The monoisotopic (exact) mass is 217 g/mol. The third kappa shape index (κ3) is 3.36. The Morgan fingerprint density at radius 3 is 2.54 bits per heavy atom. The number of halogens is 1. The fraction of sp³-hybridized carbons (Fsp3) is 0.444. The van der Waals surface area contributed by atoms with E-state index in [-0.39, 0.29) is 11.4 Å². The smallest absolute Gasteiger partial charge is 0.261 e. The van der Waals surface area contributed by atoms with Crippen LogP contribution in [-0.4, -0.2) is 11.4 Å². The summed E-state index contributed by atoms with van der Waals surface area (Å²) in [6.07, 6.45) is 0. The molecule has 1 aromatic rings. The normalized spacial score (nSPS) is 11.4. The van der Waals surface area contributed by atoms with Gasteiger partial charge < -0.3 is 5.32 Å². The maximum atomic E-state index is 11.5. The van der Waals surface area contributed by atoms with Gasteiger partial charge in [0.15, 0.2) is 0 Å². The summed E-state index contributed by atoms with van der Waals surface area (Å²) in [7, 11) is 0. The first-order valence-electron chi connectivity index (χ1n) is 3.95. The van der Waals surface area contributed by atoms with Gasteiger partial charge in [-0.1, -0.05) is 11.6 Å². The molecular formula is C9H12ClNOS. The number of rotatable bonds is 1. The standard InChI is InChI=1S/C9H12ClNOS/c1-9(2,3)11-8(12)7-4-6(10)5-13-7/h4-5H,1-3H3,(H,11,12). The van der Waals surface area contributed by atoms with Gasteiger partial charge in [-0.3, -0.25) is 4.79 Å². The summed E-state index contributed by atoms with van der Waals surface area (Å²) in [5.74, 6) is -0.0654. The van der Waals surface area contributed by atoms with E-state index in [9.17, 15) is 4.79 Å². The van der Waals surface area contributed by atoms with Gasteiger partial charge >= 0.3 is 0 Å². The summed E-state index contributed by atoms with van der Waals surface area (Å²) in [5.41, 5.74) is -0.201. The van der Waals surface area contributed by atoms with E-state index < -0.39 is 0 Å². The Labute approximate surface area is 86.9 Å². The zero-order valence-electron chi connectivity index (χ0n) is 7.85. The second kappa shape index (κ2) is 3.68. The van der Waals surface area contributed by atoms with Crippen molar-refractivity contribution < 1.29 is 4.79 Å². The first-order valence-corrected chi connectivity index (χ1v) is 5.21. The number of carbonyl (C=O) groups excluding carboxylic acids is 1. The summed E-state index contributed by atoms with van der Waals surface area (Å²) >= 11 is 7.06. The van der Waals surface area contributed by atoms with E-state index in [1.165, 1.54) is 11.3 Å². The Morgan fingerprint density at radius 1 is 1.54 bits per heavy atom. The quantitative estimate of drug-likeness (QED) is 0.770. The molecule has 0 aliphatic rings. The Hall–Kier alpha value is -0.540. The molecule has 0 saturated heterocycles. The Balaban J connectivity index is 2.70. The van der Waals surface area contributed by atoms with Crippen molar-refractivity contribution in [3.63, 3.8) is 0 Å². The van der Waals surface area contributed by atoms with Crippen LogP contribution in [0.4, 0.5) is 0 Å². The van der Waals surface area contributed by atoms with E-state index in [4.69, 9.17) is 11.6 Å². The maximum absolute atomic E-state index is 11.5. The van der Waals surface area contributed by atoms with Crippen LogP contribution in [0.5, 0.6) is 0 Å². The molecule has 4 heteroatoms. The van der Waals surface area contributed by atoms with Crippen molar-refractivity contribution in [2.45, 2.75) is 26.3 Å². The molecule has 1 N–H and O–H groups in total. The Morgan fingerprint density at radius 2 is 2.15 bits per heavy atom. The molecule has 1 amide bonds. The number of hydrogen-bond acceptors (Lipinski definition) is 2. The van der Waals surface area contributed by atoms with Crippen molar-refractivity contribution in [3.8, 4) is 0 Å². The maximum Gasteiger partial charge on any atom is 0.261 e. The van der Waals surface area contributed by atoms with Crippen molar-refractivity contribution in [2.75, 3.05) is 0 Å². The third-order valence-corrected chi connectivity index (χ3v) is 2.56. The van der Waals surface area contributed by atoms with Gasteiger partial charge in [-0.2, -0.15) is 0 Å². The van der Waals surface area contributed by atoms with Gasteiger partial charge in [0.25, 0.3) is 5.91 Å². The molecule has 0 atom stereocenters. The van der Waals surface area contributed by atoms with Crippen LogP contribution in [0.2, 0.25) is 5.02 Å². The van der Waals surface area contributed by atoms with Gasteiger partial charge in [0.2, 0.25) is 0 Å². The first-order chi connectivity index (χ1) is 5.88. The summed E-state index contributed by atoms with van der Waals surface area (Å²) in [4.78, 5) is 12.2. The molecule has 0 aliphatic carbocycles. The molecule has 0 fully saturated rings. The molecule has 1 heterocycles. The van der Waals surface area contributed by atoms with E-state index in [0.29, 0.717) is 9.90 Å². The van der Waals surface area contributed by atoms with Crippen molar-refractivity contribution >= 4 is 28.8 Å². The summed E-state index contributed by atoms with van der Waals surface area (Å²) < 4.78 is 0. The molecular weight excluding hydrogens is 206 g/mol. The van der Waals surface area contributed by atoms with Crippen LogP contribution >= 0.6 is 22.9 Å². The Bertz CT molecular complexity index is 314. The number of hydrogen-bond donors (Lipinski definition) is 1. The van der Waals surface area contributed by atoms with Gasteiger partial charge in [-0.05, 0) is 26.8 Å². The van der Waals surface area contributed by atoms with Crippen molar-refractivity contribution in [1.82, 2.24) is 5.32 Å². The lowest BCUT2D eigenvalue weighted by Crippen LogP contribution is -2.40. The van der Waals surface area contributed by atoms with Crippen LogP contribution in [0.1, 0.15) is 30.4 Å². The van der Waals surface area contributed by atoms with Crippen LogP contribution in [0.25, 0.3) is 0 Å². The summed E-state index contributed by atoms with van der Waals surface area (Å²) in [6.45, 7) is 5.83. The molecule has 0 aliphatic heterocycles. The van der Waals surface area contributed by atoms with Crippen molar-refractivity contribution in [1.29, 1.82) is 0 Å². The number of carbonyl (C=O) groups is 1. The second-order valence-electron chi connectivity index (χ2n) is 3.83. The minimum atomic E-state index is -0.201. The van der Waals surface area contributed by atoms with Gasteiger partial charge in [0.05, 0.1) is 9.90 Å². The molecule has 1 aromatic heterocycles. The van der Waals surface area contributed by atoms with Crippen LogP contribution in [0, 0.1) is 0 Å². The highest BCUT2D eigenvalue weighted by Crippen LogP contribution is 2.19. The largest absolute Gasteiger partial charge is 0.347 e. The fourth-order valence-corrected chi connectivity index (χ4v) is 1.80. The lowest BCUT2D eigenvalue weighted by Gasteiger charge is -2.19. The van der Waals surface area contributed by atoms with Gasteiger partial charge in [-0.15, -0.1) is 11.3 Å². The average Bonchev–Trinajstić information content (AvgIpc) is 2.31. The highest BCUT2D eigenvalue weighted by Gasteiger charge is 2.16. The molecule has 0 unspecified atom stereocenters. The van der Waals surface area contributed by atoms with E-state index in [2.05, 4.69) is 5.32 Å². The molecule has 0 bridgehead atoms.